The van der Waals surface area contributed by atoms with Crippen molar-refractivity contribution in [1.29, 1.82) is 0 Å². The van der Waals surface area contributed by atoms with Crippen molar-refractivity contribution in [3.8, 4) is 5.75 Å². The number of rotatable bonds is 4. The first-order valence-corrected chi connectivity index (χ1v) is 9.16. The predicted molar refractivity (Wildman–Crippen MR) is 90.1 cm³/mol. The number of aryl methyl sites for hydroxylation is 1. The summed E-state index contributed by atoms with van der Waals surface area (Å²) in [6, 6.07) is 9.77. The molecule has 0 atom stereocenters. The van der Waals surface area contributed by atoms with Crippen molar-refractivity contribution in [1.82, 2.24) is 0 Å². The molecule has 0 saturated carbocycles. The van der Waals surface area contributed by atoms with Gasteiger partial charge in [0.25, 0.3) is 0 Å². The molecule has 0 bridgehead atoms. The van der Waals surface area contributed by atoms with Crippen molar-refractivity contribution in [3.05, 3.63) is 53.3 Å². The van der Waals surface area contributed by atoms with Crippen LogP contribution in [0.25, 0.3) is 0 Å². The van der Waals surface area contributed by atoms with Gasteiger partial charge in [-0.05, 0) is 48.2 Å². The second-order valence-corrected chi connectivity index (χ2v) is 7.39. The van der Waals surface area contributed by atoms with Crippen LogP contribution < -0.4 is 14.8 Å². The highest BCUT2D eigenvalue weighted by atomic mass is 32.2. The fourth-order valence-electron chi connectivity index (χ4n) is 3.00. The van der Waals surface area contributed by atoms with E-state index in [1.54, 1.807) is 24.3 Å². The molecule has 0 amide bonds. The maximum atomic E-state index is 13.9. The molecule has 0 aliphatic carbocycles. The van der Waals surface area contributed by atoms with E-state index in [1.807, 2.05) is 0 Å². The van der Waals surface area contributed by atoms with Gasteiger partial charge in [-0.1, -0.05) is 12.1 Å². The summed E-state index contributed by atoms with van der Waals surface area (Å²) in [7, 11) is -2.33. The highest BCUT2D eigenvalue weighted by Gasteiger charge is 2.20. The highest BCUT2D eigenvalue weighted by molar-refractivity contribution is 7.89. The zero-order valence-corrected chi connectivity index (χ0v) is 14.1. The Balaban J connectivity index is 1.93. The summed E-state index contributed by atoms with van der Waals surface area (Å²) in [5, 5.41) is 5.23. The summed E-state index contributed by atoms with van der Waals surface area (Å²) >= 11 is 0. The van der Waals surface area contributed by atoms with Gasteiger partial charge in [-0.15, -0.1) is 0 Å². The number of hydrogen-bond acceptors (Lipinski definition) is 4. The molecule has 1 aliphatic heterocycles. The third-order valence-electron chi connectivity index (χ3n) is 4.19. The number of nitrogens with two attached hydrogens (primary N) is 1. The molecule has 0 fully saturated rings. The zero-order valence-electron chi connectivity index (χ0n) is 13.3. The van der Waals surface area contributed by atoms with Gasteiger partial charge in [0.05, 0.1) is 12.0 Å². The fourth-order valence-corrected chi connectivity index (χ4v) is 3.53. The number of hydrogen-bond donors (Lipinski definition) is 1. The Kier molecular flexibility index (Phi) is 4.47. The van der Waals surface area contributed by atoms with Gasteiger partial charge in [0, 0.05) is 18.8 Å². The minimum atomic E-state index is -3.75. The van der Waals surface area contributed by atoms with Crippen LogP contribution in [0.5, 0.6) is 5.75 Å². The highest BCUT2D eigenvalue weighted by Crippen LogP contribution is 2.31. The monoisotopic (exact) mass is 350 g/mol. The van der Waals surface area contributed by atoms with E-state index >= 15 is 0 Å². The summed E-state index contributed by atoms with van der Waals surface area (Å²) in [4.78, 5) is 2.14. The van der Waals surface area contributed by atoms with E-state index in [2.05, 4.69) is 4.90 Å². The molecule has 0 radical (unpaired) electrons. The maximum Gasteiger partial charge on any atom is 0.238 e. The molecule has 0 spiro atoms. The Morgan fingerprint density at radius 3 is 2.71 bits per heavy atom. The summed E-state index contributed by atoms with van der Waals surface area (Å²) in [6.45, 7) is 1.26. The number of sulfonamides is 1. The van der Waals surface area contributed by atoms with E-state index in [9.17, 15) is 12.8 Å². The van der Waals surface area contributed by atoms with E-state index in [-0.39, 0.29) is 10.6 Å². The van der Waals surface area contributed by atoms with E-state index < -0.39 is 15.8 Å². The third kappa shape index (κ3) is 3.37. The number of ether oxygens (including phenoxy) is 1. The first kappa shape index (κ1) is 16.7. The molecule has 24 heavy (non-hydrogen) atoms. The Morgan fingerprint density at radius 1 is 1.25 bits per heavy atom. The lowest BCUT2D eigenvalue weighted by atomic mass is 10.0. The van der Waals surface area contributed by atoms with Gasteiger partial charge in [0.15, 0.2) is 11.6 Å². The molecule has 128 valence electrons. The Bertz CT molecular complexity index is 868. The van der Waals surface area contributed by atoms with Gasteiger partial charge >= 0.3 is 0 Å². The van der Waals surface area contributed by atoms with Crippen LogP contribution in [0.3, 0.4) is 0 Å². The van der Waals surface area contributed by atoms with Crippen molar-refractivity contribution in [2.24, 2.45) is 5.14 Å². The van der Waals surface area contributed by atoms with Gasteiger partial charge in [0.1, 0.15) is 0 Å². The average molecular weight is 350 g/mol. The summed E-state index contributed by atoms with van der Waals surface area (Å²) in [5.41, 5.74) is 2.70. The van der Waals surface area contributed by atoms with E-state index in [0.717, 1.165) is 36.2 Å². The molecule has 0 unspecified atom stereocenters. The number of methoxy groups -OCH3 is 1. The van der Waals surface area contributed by atoms with Gasteiger partial charge in [-0.2, -0.15) is 0 Å². The molecule has 2 aromatic carbocycles. The summed E-state index contributed by atoms with van der Waals surface area (Å²) in [5.74, 6) is -0.208. The van der Waals surface area contributed by atoms with Crippen molar-refractivity contribution < 1.29 is 17.5 Å². The van der Waals surface area contributed by atoms with Crippen LogP contribution in [0.4, 0.5) is 10.1 Å². The molecule has 1 aliphatic rings. The van der Waals surface area contributed by atoms with Gasteiger partial charge in [-0.3, -0.25) is 0 Å². The number of anilines is 1. The molecule has 0 saturated heterocycles. The van der Waals surface area contributed by atoms with E-state index in [4.69, 9.17) is 9.88 Å². The quantitative estimate of drug-likeness (QED) is 0.919. The normalized spacial score (nSPS) is 14.4. The smallest absolute Gasteiger partial charge is 0.238 e. The molecule has 2 N–H and O–H groups in total. The predicted octanol–water partition coefficient (Wildman–Crippen LogP) is 2.43. The lowest BCUT2D eigenvalue weighted by Crippen LogP contribution is -2.29. The first-order valence-electron chi connectivity index (χ1n) is 7.61. The Morgan fingerprint density at radius 2 is 2.04 bits per heavy atom. The zero-order chi connectivity index (χ0) is 17.3. The van der Waals surface area contributed by atoms with Crippen LogP contribution in [-0.4, -0.2) is 22.1 Å². The minimum absolute atomic E-state index is 0.0917. The standard InChI is InChI=1S/C17H19FN2O3S/c1-23-17-7-4-12(9-15(17)18)11-20-8-2-3-13-5-6-14(10-16(13)20)24(19,21)22/h4-7,9-10H,2-3,8,11H2,1H3,(H2,19,21,22). The molecule has 5 nitrogen and oxygen atoms in total. The number of nitrogens with zero attached hydrogens (tertiary/aromatic N) is 1. The van der Waals surface area contributed by atoms with Crippen LogP contribution in [0.1, 0.15) is 17.5 Å². The summed E-state index contributed by atoms with van der Waals surface area (Å²) < 4.78 is 42.0. The summed E-state index contributed by atoms with van der Waals surface area (Å²) in [6.07, 6.45) is 1.84. The van der Waals surface area contributed by atoms with Crippen LogP contribution >= 0.6 is 0 Å². The van der Waals surface area contributed by atoms with E-state index in [1.165, 1.54) is 19.2 Å². The third-order valence-corrected chi connectivity index (χ3v) is 5.10. The van der Waals surface area contributed by atoms with Crippen LogP contribution in [-0.2, 0) is 23.0 Å². The number of halogens is 1. The molecular weight excluding hydrogens is 331 g/mol. The van der Waals surface area contributed by atoms with Crippen molar-refractivity contribution in [2.45, 2.75) is 24.3 Å². The van der Waals surface area contributed by atoms with Gasteiger partial charge in [0.2, 0.25) is 10.0 Å². The molecule has 3 rings (SSSR count). The van der Waals surface area contributed by atoms with Crippen LogP contribution in [0.2, 0.25) is 0 Å². The Labute approximate surface area is 140 Å². The van der Waals surface area contributed by atoms with Gasteiger partial charge < -0.3 is 9.64 Å². The fraction of sp³-hybridized carbons (Fsp3) is 0.294. The maximum absolute atomic E-state index is 13.9. The van der Waals surface area contributed by atoms with E-state index in [0.29, 0.717) is 6.54 Å². The largest absolute Gasteiger partial charge is 0.494 e. The number of fused-ring (bicyclic) bond motifs is 1. The van der Waals surface area contributed by atoms with Crippen molar-refractivity contribution in [3.63, 3.8) is 0 Å². The molecular formula is C17H19FN2O3S. The second-order valence-electron chi connectivity index (χ2n) is 5.83. The average Bonchev–Trinajstić information content (AvgIpc) is 2.54. The lowest BCUT2D eigenvalue weighted by Gasteiger charge is -2.31. The van der Waals surface area contributed by atoms with Crippen LogP contribution in [0.15, 0.2) is 41.3 Å². The van der Waals surface area contributed by atoms with Crippen molar-refractivity contribution in [2.75, 3.05) is 18.6 Å². The molecule has 1 heterocycles. The van der Waals surface area contributed by atoms with Crippen molar-refractivity contribution >= 4 is 15.7 Å². The SMILES string of the molecule is COc1ccc(CN2CCCc3ccc(S(N)(=O)=O)cc32)cc1F. The van der Waals surface area contributed by atoms with Crippen LogP contribution in [0, 0.1) is 5.82 Å². The number of benzene rings is 2. The molecule has 2 aromatic rings. The molecule has 0 aromatic heterocycles. The molecule has 7 heteroatoms. The Hall–Kier alpha value is -2.12. The second kappa shape index (κ2) is 6.41. The first-order chi connectivity index (χ1) is 11.4. The number of primary sulfonamides is 1. The van der Waals surface area contributed by atoms with Gasteiger partial charge in [-0.25, -0.2) is 17.9 Å². The minimum Gasteiger partial charge on any atom is -0.494 e. The topological polar surface area (TPSA) is 72.6 Å². The lowest BCUT2D eigenvalue weighted by molar-refractivity contribution is 0.386.